The molecule has 0 aliphatic carbocycles. The molecule has 12 heteroatoms. The number of hydrogen-bond donors (Lipinski definition) is 0. The Morgan fingerprint density at radius 1 is 1.33 bits per heavy atom. The van der Waals surface area contributed by atoms with Gasteiger partial charge in [-0.2, -0.15) is 18.4 Å². The van der Waals surface area contributed by atoms with E-state index < -0.39 is 23.8 Å². The molecule has 0 N–H and O–H groups in total. The lowest BCUT2D eigenvalue weighted by atomic mass is 10.4. The van der Waals surface area contributed by atoms with Gasteiger partial charge in [0, 0.05) is 0 Å². The van der Waals surface area contributed by atoms with Gasteiger partial charge in [0.1, 0.15) is 12.0 Å². The number of alkyl halides is 3. The molecule has 0 aromatic rings. The summed E-state index contributed by atoms with van der Waals surface area (Å²) in [6, 6.07) is 2.01. The standard InChI is InChI=1S/C10H17N4O3.C2HF3O2/c1-6-16-9(15)8(7-11)12-17-10(13(2)3)14(4)5;3-2(4,5)1(6)7/h6H2,1-5H3;(H,6,7)/q+1;/p-1. The van der Waals surface area contributed by atoms with Crippen LogP contribution in [-0.4, -0.2) is 74.1 Å². The second-order valence-electron chi connectivity index (χ2n) is 4.22. The number of aliphatic carboxylic acids is 1. The molecular weight excluding hydrogens is 337 g/mol. The number of nitriles is 1. The number of nitrogens with zero attached hydrogens (tertiary/aromatic N) is 4. The van der Waals surface area contributed by atoms with Crippen LogP contribution in [0.5, 0.6) is 0 Å². The number of carbonyl (C=O) groups excluding carboxylic acids is 2. The number of carboxylic acid groups (broad SMARTS) is 1. The van der Waals surface area contributed by atoms with E-state index in [1.54, 1.807) is 50.7 Å². The van der Waals surface area contributed by atoms with Gasteiger partial charge in [-0.3, -0.25) is 4.84 Å². The third kappa shape index (κ3) is 9.98. The van der Waals surface area contributed by atoms with Crippen molar-refractivity contribution in [3.63, 3.8) is 0 Å². The van der Waals surface area contributed by atoms with Gasteiger partial charge < -0.3 is 14.6 Å². The Hall–Kier alpha value is -2.84. The van der Waals surface area contributed by atoms with Crippen LogP contribution in [-0.2, 0) is 19.2 Å². The first-order valence-electron chi connectivity index (χ1n) is 6.20. The molecule has 0 spiro atoms. The molecule has 0 amide bonds. The molecule has 0 aliphatic heterocycles. The van der Waals surface area contributed by atoms with Crippen molar-refractivity contribution in [2.75, 3.05) is 34.8 Å². The Kier molecular flexibility index (Phi) is 10.6. The number of amidine groups is 1. The van der Waals surface area contributed by atoms with Crippen molar-refractivity contribution in [3.05, 3.63) is 0 Å². The predicted octanol–water partition coefficient (Wildman–Crippen LogP) is -1.07. The van der Waals surface area contributed by atoms with Crippen molar-refractivity contribution in [2.24, 2.45) is 5.16 Å². The molecule has 0 bridgehead atoms. The summed E-state index contributed by atoms with van der Waals surface area (Å²) in [5.74, 6) is -3.81. The lowest BCUT2D eigenvalue weighted by Gasteiger charge is -2.07. The van der Waals surface area contributed by atoms with Crippen LogP contribution in [0.4, 0.5) is 13.2 Å². The van der Waals surface area contributed by atoms with Crippen LogP contribution in [0.3, 0.4) is 0 Å². The molecule has 0 aromatic heterocycles. The maximum absolute atomic E-state index is 11.2. The molecule has 0 fully saturated rings. The minimum absolute atomic E-state index is 0.178. The van der Waals surface area contributed by atoms with E-state index in [4.69, 9.17) is 20.0 Å². The fraction of sp³-hybridized carbons (Fsp3) is 0.583. The van der Waals surface area contributed by atoms with E-state index in [0.717, 1.165) is 0 Å². The molecule has 0 atom stereocenters. The van der Waals surface area contributed by atoms with Gasteiger partial charge in [0.05, 0.1) is 34.8 Å². The first-order valence-corrected chi connectivity index (χ1v) is 6.20. The number of ether oxygens (including phenoxy) is 1. The Labute approximate surface area is 136 Å². The van der Waals surface area contributed by atoms with Crippen LogP contribution in [0, 0.1) is 11.3 Å². The van der Waals surface area contributed by atoms with Crippen LogP contribution in [0.15, 0.2) is 5.16 Å². The van der Waals surface area contributed by atoms with Gasteiger partial charge in [-0.15, -0.1) is 0 Å². The molecule has 136 valence electrons. The van der Waals surface area contributed by atoms with E-state index >= 15 is 0 Å². The number of carboxylic acids is 1. The predicted molar refractivity (Wildman–Crippen MR) is 72.6 cm³/mol. The molecular formula is C12H17F3N4O5. The highest BCUT2D eigenvalue weighted by atomic mass is 19.4. The largest absolute Gasteiger partial charge is 0.542 e. The molecule has 0 aliphatic rings. The first-order chi connectivity index (χ1) is 10.9. The topological polar surface area (TPSA) is 118 Å². The van der Waals surface area contributed by atoms with Crippen molar-refractivity contribution in [1.82, 2.24) is 4.90 Å². The maximum atomic E-state index is 11.2. The number of esters is 1. The van der Waals surface area contributed by atoms with E-state index in [1.165, 1.54) is 0 Å². The van der Waals surface area contributed by atoms with Crippen LogP contribution < -0.4 is 5.11 Å². The molecule has 0 rings (SSSR count). The summed E-state index contributed by atoms with van der Waals surface area (Å²) in [6.45, 7) is 1.82. The van der Waals surface area contributed by atoms with E-state index in [1.807, 2.05) is 0 Å². The Balaban J connectivity index is 0. The molecule has 0 radical (unpaired) electrons. The van der Waals surface area contributed by atoms with Crippen molar-refractivity contribution < 1.29 is 42.0 Å². The average molecular weight is 354 g/mol. The molecule has 0 aromatic carbocycles. The number of oxime groups is 1. The van der Waals surface area contributed by atoms with Crippen molar-refractivity contribution in [1.29, 1.82) is 5.26 Å². The van der Waals surface area contributed by atoms with Gasteiger partial charge >= 0.3 is 18.2 Å². The van der Waals surface area contributed by atoms with Gasteiger partial charge in [-0.1, -0.05) is 5.16 Å². The van der Waals surface area contributed by atoms with Gasteiger partial charge in [0.2, 0.25) is 0 Å². The van der Waals surface area contributed by atoms with Crippen molar-refractivity contribution in [3.8, 4) is 6.07 Å². The zero-order chi connectivity index (χ0) is 19.5. The minimum Gasteiger partial charge on any atom is -0.542 e. The normalized spacial score (nSPS) is 10.5. The minimum atomic E-state index is -5.19. The Bertz CT molecular complexity index is 546. The fourth-order valence-electron chi connectivity index (χ4n) is 0.953. The summed E-state index contributed by atoms with van der Waals surface area (Å²) < 4.78 is 37.8. The number of carbonyl (C=O) groups is 2. The van der Waals surface area contributed by atoms with Gasteiger partial charge in [-0.25, -0.2) is 14.3 Å². The number of hydrogen-bond acceptors (Lipinski definition) is 7. The third-order valence-electron chi connectivity index (χ3n) is 1.79. The zero-order valence-corrected chi connectivity index (χ0v) is 13.7. The summed E-state index contributed by atoms with van der Waals surface area (Å²) in [5, 5.41) is 21.0. The highest BCUT2D eigenvalue weighted by Crippen LogP contribution is 2.11. The quantitative estimate of drug-likeness (QED) is 0.208. The molecule has 24 heavy (non-hydrogen) atoms. The smallest absolute Gasteiger partial charge is 0.471 e. The summed E-state index contributed by atoms with van der Waals surface area (Å²) in [6.07, 6.45) is -5.19. The Morgan fingerprint density at radius 3 is 2.04 bits per heavy atom. The van der Waals surface area contributed by atoms with E-state index in [0.29, 0.717) is 6.02 Å². The monoisotopic (exact) mass is 354 g/mol. The molecule has 9 nitrogen and oxygen atoms in total. The fourth-order valence-corrected chi connectivity index (χ4v) is 0.953. The second-order valence-corrected chi connectivity index (χ2v) is 4.22. The number of halogens is 3. The first kappa shape index (κ1) is 23.4. The van der Waals surface area contributed by atoms with Crippen LogP contribution in [0.25, 0.3) is 0 Å². The van der Waals surface area contributed by atoms with Crippen molar-refractivity contribution >= 4 is 23.7 Å². The molecule has 0 unspecified atom stereocenters. The highest BCUT2D eigenvalue weighted by Gasteiger charge is 2.28. The van der Waals surface area contributed by atoms with Gasteiger partial charge in [-0.05, 0) is 6.92 Å². The van der Waals surface area contributed by atoms with Crippen LogP contribution in [0.1, 0.15) is 6.92 Å². The maximum Gasteiger partial charge on any atom is 0.471 e. The summed E-state index contributed by atoms with van der Waals surface area (Å²) in [5.41, 5.74) is -0.423. The van der Waals surface area contributed by atoms with Gasteiger partial charge in [0.15, 0.2) is 0 Å². The summed E-state index contributed by atoms with van der Waals surface area (Å²) in [4.78, 5) is 26.7. The number of rotatable bonds is 3. The summed E-state index contributed by atoms with van der Waals surface area (Å²) in [7, 11) is 7.01. The van der Waals surface area contributed by atoms with E-state index in [2.05, 4.69) is 9.89 Å². The Morgan fingerprint density at radius 2 is 1.79 bits per heavy atom. The summed E-state index contributed by atoms with van der Waals surface area (Å²) >= 11 is 0. The average Bonchev–Trinajstić information content (AvgIpc) is 2.42. The molecule has 0 saturated heterocycles. The molecule has 0 heterocycles. The van der Waals surface area contributed by atoms with E-state index in [9.17, 15) is 18.0 Å². The zero-order valence-electron chi connectivity index (χ0n) is 13.7. The van der Waals surface area contributed by atoms with Crippen molar-refractivity contribution in [2.45, 2.75) is 13.1 Å². The lowest BCUT2D eigenvalue weighted by Crippen LogP contribution is -2.37. The van der Waals surface area contributed by atoms with Crippen LogP contribution >= 0.6 is 0 Å². The van der Waals surface area contributed by atoms with Gasteiger partial charge in [0.25, 0.3) is 5.71 Å². The third-order valence-corrected chi connectivity index (χ3v) is 1.79. The van der Waals surface area contributed by atoms with Crippen LogP contribution in [0.2, 0.25) is 0 Å². The SMILES string of the molecule is CCOC(=O)C(C#N)=NOC(N(C)C)=[N+](C)C.O=C([O-])C(F)(F)F. The second kappa shape index (κ2) is 10.8. The lowest BCUT2D eigenvalue weighted by molar-refractivity contribution is -0.480. The van der Waals surface area contributed by atoms with E-state index in [-0.39, 0.29) is 6.61 Å². The highest BCUT2D eigenvalue weighted by molar-refractivity contribution is 6.42. The molecule has 0 saturated carbocycles.